The number of carbonyl (C=O) groups is 1. The van der Waals surface area contributed by atoms with Gasteiger partial charge in [-0.1, -0.05) is 18.2 Å². The summed E-state index contributed by atoms with van der Waals surface area (Å²) in [5.74, 6) is -0.112. The SMILES string of the molecule is COCCCCn1cccc1C(=O)Nc1nc(C2CCCN2c2ccccc2)cs1. The van der Waals surface area contributed by atoms with Gasteiger partial charge in [-0.2, -0.15) is 0 Å². The van der Waals surface area contributed by atoms with E-state index in [9.17, 15) is 4.79 Å². The van der Waals surface area contributed by atoms with Crippen LogP contribution in [-0.2, 0) is 11.3 Å². The van der Waals surface area contributed by atoms with Gasteiger partial charge >= 0.3 is 0 Å². The number of aryl methyl sites for hydroxylation is 1. The van der Waals surface area contributed by atoms with Gasteiger partial charge in [-0.05, 0) is 49.9 Å². The molecular formula is C23H28N4O2S. The number of thiazole rings is 1. The predicted molar refractivity (Wildman–Crippen MR) is 121 cm³/mol. The molecule has 1 unspecified atom stereocenters. The molecular weight excluding hydrogens is 396 g/mol. The van der Waals surface area contributed by atoms with E-state index >= 15 is 0 Å². The number of nitrogens with one attached hydrogen (secondary N) is 1. The molecule has 0 bridgehead atoms. The normalized spacial score (nSPS) is 16.2. The lowest BCUT2D eigenvalue weighted by atomic mass is 10.1. The third kappa shape index (κ3) is 4.74. The molecule has 0 aliphatic carbocycles. The Bertz CT molecular complexity index is 953. The molecule has 4 rings (SSSR count). The third-order valence-electron chi connectivity index (χ3n) is 5.48. The topological polar surface area (TPSA) is 59.4 Å². The first-order valence-corrected chi connectivity index (χ1v) is 11.4. The monoisotopic (exact) mass is 424 g/mol. The Balaban J connectivity index is 1.40. The lowest BCUT2D eigenvalue weighted by molar-refractivity contribution is 0.101. The Morgan fingerprint density at radius 1 is 1.23 bits per heavy atom. The molecule has 3 aromatic rings. The van der Waals surface area contributed by atoms with E-state index in [2.05, 4.69) is 39.9 Å². The minimum Gasteiger partial charge on any atom is -0.385 e. The Kier molecular flexibility index (Phi) is 6.81. The van der Waals surface area contributed by atoms with Gasteiger partial charge in [0.15, 0.2) is 5.13 Å². The summed E-state index contributed by atoms with van der Waals surface area (Å²) in [5.41, 5.74) is 2.92. The van der Waals surface area contributed by atoms with Crippen LogP contribution in [0.5, 0.6) is 0 Å². The molecule has 3 heterocycles. The summed E-state index contributed by atoms with van der Waals surface area (Å²) < 4.78 is 7.09. The van der Waals surface area contributed by atoms with Crippen molar-refractivity contribution in [2.45, 2.75) is 38.3 Å². The number of nitrogens with zero attached hydrogens (tertiary/aromatic N) is 3. The first-order chi connectivity index (χ1) is 14.8. The molecule has 1 fully saturated rings. The zero-order valence-electron chi connectivity index (χ0n) is 17.3. The molecule has 1 N–H and O–H groups in total. The minimum atomic E-state index is -0.112. The van der Waals surface area contributed by atoms with Crippen LogP contribution in [0, 0.1) is 0 Å². The summed E-state index contributed by atoms with van der Waals surface area (Å²) in [4.78, 5) is 20.0. The van der Waals surface area contributed by atoms with Crippen LogP contribution in [0.15, 0.2) is 54.0 Å². The van der Waals surface area contributed by atoms with E-state index < -0.39 is 0 Å². The standard InChI is InChI=1S/C23H28N4O2S/c1-29-16-6-5-13-26-14-7-12-21(26)22(28)25-23-24-19(17-30-23)20-11-8-15-27(20)18-9-3-2-4-10-18/h2-4,7,9-10,12,14,17,20H,5-6,8,11,13,15-16H2,1H3,(H,24,25,28). The molecule has 1 aromatic carbocycles. The molecule has 1 atom stereocenters. The number of para-hydroxylation sites is 1. The van der Waals surface area contributed by atoms with Crippen LogP contribution in [0.3, 0.4) is 0 Å². The zero-order chi connectivity index (χ0) is 20.8. The van der Waals surface area contributed by atoms with E-state index in [1.54, 1.807) is 7.11 Å². The fraction of sp³-hybridized carbons (Fsp3) is 0.391. The van der Waals surface area contributed by atoms with Crippen LogP contribution >= 0.6 is 11.3 Å². The molecule has 1 aliphatic rings. The average molecular weight is 425 g/mol. The van der Waals surface area contributed by atoms with E-state index in [0.717, 1.165) is 51.1 Å². The van der Waals surface area contributed by atoms with Crippen LogP contribution in [0.2, 0.25) is 0 Å². The molecule has 30 heavy (non-hydrogen) atoms. The van der Waals surface area contributed by atoms with Crippen molar-refractivity contribution in [3.05, 3.63) is 65.4 Å². The smallest absolute Gasteiger partial charge is 0.274 e. The summed E-state index contributed by atoms with van der Waals surface area (Å²) in [5, 5.41) is 5.72. The quantitative estimate of drug-likeness (QED) is 0.493. The summed E-state index contributed by atoms with van der Waals surface area (Å²) in [6.45, 7) is 2.58. The van der Waals surface area contributed by atoms with Crippen molar-refractivity contribution in [3.8, 4) is 0 Å². The minimum absolute atomic E-state index is 0.112. The molecule has 158 valence electrons. The number of unbranched alkanes of at least 4 members (excludes halogenated alkanes) is 1. The number of carbonyl (C=O) groups excluding carboxylic acids is 1. The Hall–Kier alpha value is -2.64. The Morgan fingerprint density at radius 2 is 2.10 bits per heavy atom. The highest BCUT2D eigenvalue weighted by Crippen LogP contribution is 2.37. The number of amides is 1. The maximum atomic E-state index is 12.8. The van der Waals surface area contributed by atoms with Crippen molar-refractivity contribution in [2.24, 2.45) is 0 Å². The second kappa shape index (κ2) is 9.91. The van der Waals surface area contributed by atoms with Crippen molar-refractivity contribution in [1.82, 2.24) is 9.55 Å². The predicted octanol–water partition coefficient (Wildman–Crippen LogP) is 4.97. The molecule has 0 spiro atoms. The van der Waals surface area contributed by atoms with E-state index in [0.29, 0.717) is 10.8 Å². The highest BCUT2D eigenvalue weighted by Gasteiger charge is 2.28. The van der Waals surface area contributed by atoms with Crippen molar-refractivity contribution >= 4 is 28.1 Å². The second-order valence-corrected chi connectivity index (χ2v) is 8.36. The highest BCUT2D eigenvalue weighted by molar-refractivity contribution is 7.14. The van der Waals surface area contributed by atoms with Gasteiger partial charge in [0.05, 0.1) is 11.7 Å². The largest absolute Gasteiger partial charge is 0.385 e. The molecule has 2 aromatic heterocycles. The number of ether oxygens (including phenoxy) is 1. The summed E-state index contributed by atoms with van der Waals surface area (Å²) in [6.07, 6.45) is 6.13. The van der Waals surface area contributed by atoms with Crippen LogP contribution < -0.4 is 10.2 Å². The van der Waals surface area contributed by atoms with Gasteiger partial charge in [0.1, 0.15) is 5.69 Å². The van der Waals surface area contributed by atoms with Crippen molar-refractivity contribution < 1.29 is 9.53 Å². The van der Waals surface area contributed by atoms with Crippen LogP contribution in [0.1, 0.15) is 47.9 Å². The summed E-state index contributed by atoms with van der Waals surface area (Å²) in [7, 11) is 1.71. The molecule has 1 saturated heterocycles. The van der Waals surface area contributed by atoms with Crippen molar-refractivity contribution in [2.75, 3.05) is 30.5 Å². The Labute approximate surface area is 181 Å². The molecule has 0 saturated carbocycles. The van der Waals surface area contributed by atoms with Gasteiger partial charge in [-0.15, -0.1) is 11.3 Å². The van der Waals surface area contributed by atoms with Gasteiger partial charge in [-0.25, -0.2) is 4.98 Å². The van der Waals surface area contributed by atoms with Gasteiger partial charge in [0.2, 0.25) is 0 Å². The first kappa shape index (κ1) is 20.6. The van der Waals surface area contributed by atoms with Crippen LogP contribution in [0.4, 0.5) is 10.8 Å². The maximum Gasteiger partial charge on any atom is 0.274 e. The fourth-order valence-corrected chi connectivity index (χ4v) is 4.76. The third-order valence-corrected chi connectivity index (χ3v) is 6.26. The fourth-order valence-electron chi connectivity index (χ4n) is 4.00. The molecule has 1 amide bonds. The zero-order valence-corrected chi connectivity index (χ0v) is 18.1. The molecule has 1 aliphatic heterocycles. The number of aromatic nitrogens is 2. The molecule has 0 radical (unpaired) electrons. The van der Waals surface area contributed by atoms with Gasteiger partial charge < -0.3 is 14.2 Å². The van der Waals surface area contributed by atoms with Crippen molar-refractivity contribution in [1.29, 1.82) is 0 Å². The number of anilines is 2. The van der Waals surface area contributed by atoms with Gasteiger partial charge in [-0.3, -0.25) is 10.1 Å². The first-order valence-electron chi connectivity index (χ1n) is 10.5. The van der Waals surface area contributed by atoms with Crippen LogP contribution in [0.25, 0.3) is 0 Å². The average Bonchev–Trinajstić information content (AvgIpc) is 3.52. The number of rotatable bonds is 9. The second-order valence-electron chi connectivity index (χ2n) is 7.51. The van der Waals surface area contributed by atoms with Crippen molar-refractivity contribution in [3.63, 3.8) is 0 Å². The van der Waals surface area contributed by atoms with Gasteiger partial charge in [0, 0.05) is 44.1 Å². The van der Waals surface area contributed by atoms with Gasteiger partial charge in [0.25, 0.3) is 5.91 Å². The summed E-state index contributed by atoms with van der Waals surface area (Å²) in [6, 6.07) is 14.5. The number of benzene rings is 1. The maximum absolute atomic E-state index is 12.8. The van der Waals surface area contributed by atoms with Crippen LogP contribution in [-0.4, -0.2) is 35.7 Å². The lowest BCUT2D eigenvalue weighted by Crippen LogP contribution is -2.22. The molecule has 7 heteroatoms. The van der Waals surface area contributed by atoms with E-state index in [4.69, 9.17) is 9.72 Å². The lowest BCUT2D eigenvalue weighted by Gasteiger charge is -2.25. The molecule has 6 nitrogen and oxygen atoms in total. The highest BCUT2D eigenvalue weighted by atomic mass is 32.1. The summed E-state index contributed by atoms with van der Waals surface area (Å²) >= 11 is 1.49. The Morgan fingerprint density at radius 3 is 2.93 bits per heavy atom. The number of hydrogen-bond acceptors (Lipinski definition) is 5. The van der Waals surface area contributed by atoms with E-state index in [1.165, 1.54) is 17.0 Å². The van der Waals surface area contributed by atoms with E-state index in [-0.39, 0.29) is 11.9 Å². The van der Waals surface area contributed by atoms with E-state index in [1.807, 2.05) is 29.0 Å². The number of methoxy groups -OCH3 is 1. The number of hydrogen-bond donors (Lipinski definition) is 1.